The van der Waals surface area contributed by atoms with E-state index in [1.54, 1.807) is 0 Å². The van der Waals surface area contributed by atoms with Gasteiger partial charge in [0.2, 0.25) is 7.41 Å². The van der Waals surface area contributed by atoms with Gasteiger partial charge < -0.3 is 4.81 Å². The summed E-state index contributed by atoms with van der Waals surface area (Å²) < 4.78 is 0. The monoisotopic (exact) mass is 236 g/mol. The standard InChI is InChI=1S/C15H31BN/c1-13(2,3)11-12(14(4,5)6)16-17(10)15(7,8)9/h11H,1-10H3/b12-11+. The molecular formula is C15H31BN. The summed E-state index contributed by atoms with van der Waals surface area (Å²) in [7, 11) is 4.45. The van der Waals surface area contributed by atoms with Crippen molar-refractivity contribution in [2.45, 2.75) is 67.9 Å². The van der Waals surface area contributed by atoms with Gasteiger partial charge in [-0.1, -0.05) is 53.1 Å². The van der Waals surface area contributed by atoms with E-state index in [0.29, 0.717) is 0 Å². The second kappa shape index (κ2) is 5.18. The van der Waals surface area contributed by atoms with Gasteiger partial charge in [0, 0.05) is 5.54 Å². The summed E-state index contributed by atoms with van der Waals surface area (Å²) in [6, 6.07) is 0. The highest BCUT2D eigenvalue weighted by Crippen LogP contribution is 2.30. The van der Waals surface area contributed by atoms with Crippen molar-refractivity contribution in [3.63, 3.8) is 0 Å². The summed E-state index contributed by atoms with van der Waals surface area (Å²) in [4.78, 5) is 2.30. The van der Waals surface area contributed by atoms with Crippen LogP contribution >= 0.6 is 0 Å². The van der Waals surface area contributed by atoms with Crippen LogP contribution in [0.4, 0.5) is 0 Å². The molecule has 0 saturated heterocycles. The molecular weight excluding hydrogens is 205 g/mol. The molecule has 0 bridgehead atoms. The largest absolute Gasteiger partial charge is 0.341 e. The van der Waals surface area contributed by atoms with Gasteiger partial charge in [0.05, 0.1) is 0 Å². The van der Waals surface area contributed by atoms with Crippen molar-refractivity contribution in [3.05, 3.63) is 11.5 Å². The first-order valence-electron chi connectivity index (χ1n) is 6.55. The second-order valence-electron chi connectivity index (χ2n) is 8.13. The maximum absolute atomic E-state index is 2.38. The molecule has 0 saturated carbocycles. The molecule has 0 aromatic carbocycles. The van der Waals surface area contributed by atoms with Crippen molar-refractivity contribution in [1.82, 2.24) is 4.81 Å². The molecule has 0 aromatic heterocycles. The van der Waals surface area contributed by atoms with Gasteiger partial charge in [-0.3, -0.25) is 0 Å². The van der Waals surface area contributed by atoms with E-state index in [1.807, 2.05) is 0 Å². The van der Waals surface area contributed by atoms with Crippen LogP contribution < -0.4 is 0 Å². The molecule has 1 radical (unpaired) electrons. The summed E-state index contributed by atoms with van der Waals surface area (Å²) >= 11 is 0. The molecule has 0 aliphatic carbocycles. The molecule has 0 spiro atoms. The lowest BCUT2D eigenvalue weighted by Gasteiger charge is -2.36. The Morgan fingerprint density at radius 3 is 1.53 bits per heavy atom. The van der Waals surface area contributed by atoms with Crippen LogP contribution in [0.2, 0.25) is 0 Å². The SMILES string of the molecule is CN([B]/C(=C/C(C)(C)C)C(C)(C)C)C(C)(C)C. The average molecular weight is 236 g/mol. The fraction of sp³-hybridized carbons (Fsp3) is 0.867. The summed E-state index contributed by atoms with van der Waals surface area (Å²) in [5.74, 6) is 0. The van der Waals surface area contributed by atoms with Crippen molar-refractivity contribution in [3.8, 4) is 0 Å². The Kier molecular flexibility index (Phi) is 5.11. The molecule has 2 heteroatoms. The van der Waals surface area contributed by atoms with Gasteiger partial charge >= 0.3 is 0 Å². The summed E-state index contributed by atoms with van der Waals surface area (Å²) in [6.07, 6.45) is 2.38. The van der Waals surface area contributed by atoms with E-state index in [2.05, 4.69) is 87.7 Å². The van der Waals surface area contributed by atoms with Gasteiger partial charge in [-0.15, -0.1) is 0 Å². The van der Waals surface area contributed by atoms with Gasteiger partial charge in [-0.25, -0.2) is 0 Å². The Bertz CT molecular complexity index is 271. The van der Waals surface area contributed by atoms with Crippen LogP contribution in [0.5, 0.6) is 0 Å². The Morgan fingerprint density at radius 2 is 1.29 bits per heavy atom. The Morgan fingerprint density at radius 1 is 0.882 bits per heavy atom. The molecule has 0 unspecified atom stereocenters. The minimum absolute atomic E-state index is 0.169. The normalized spacial score (nSPS) is 15.4. The molecule has 0 aliphatic heterocycles. The van der Waals surface area contributed by atoms with E-state index < -0.39 is 0 Å². The highest BCUT2D eigenvalue weighted by molar-refractivity contribution is 6.42. The zero-order valence-electron chi connectivity index (χ0n) is 13.6. The predicted molar refractivity (Wildman–Crippen MR) is 80.3 cm³/mol. The van der Waals surface area contributed by atoms with Crippen molar-refractivity contribution in [2.24, 2.45) is 10.8 Å². The zero-order valence-corrected chi connectivity index (χ0v) is 13.6. The lowest BCUT2D eigenvalue weighted by molar-refractivity contribution is 0.298. The fourth-order valence-corrected chi connectivity index (χ4v) is 1.32. The van der Waals surface area contributed by atoms with E-state index in [0.717, 1.165) is 0 Å². The lowest BCUT2D eigenvalue weighted by Crippen LogP contribution is -2.43. The van der Waals surface area contributed by atoms with Crippen LogP contribution in [-0.4, -0.2) is 24.8 Å². The van der Waals surface area contributed by atoms with E-state index in [-0.39, 0.29) is 16.4 Å². The molecule has 0 aliphatic rings. The molecule has 0 atom stereocenters. The van der Waals surface area contributed by atoms with Crippen LogP contribution in [0.15, 0.2) is 11.5 Å². The topological polar surface area (TPSA) is 3.24 Å². The van der Waals surface area contributed by atoms with Gasteiger partial charge in [0.1, 0.15) is 0 Å². The van der Waals surface area contributed by atoms with Crippen molar-refractivity contribution < 1.29 is 0 Å². The van der Waals surface area contributed by atoms with Crippen LogP contribution in [0.25, 0.3) is 0 Å². The zero-order chi connectivity index (χ0) is 14.1. The lowest BCUT2D eigenvalue weighted by atomic mass is 9.63. The third-order valence-electron chi connectivity index (χ3n) is 2.85. The van der Waals surface area contributed by atoms with Gasteiger partial charge in [0.15, 0.2) is 0 Å². The first-order valence-corrected chi connectivity index (χ1v) is 6.55. The Balaban J connectivity index is 5.07. The fourth-order valence-electron chi connectivity index (χ4n) is 1.32. The third-order valence-corrected chi connectivity index (χ3v) is 2.85. The van der Waals surface area contributed by atoms with Crippen LogP contribution in [0, 0.1) is 10.8 Å². The van der Waals surface area contributed by atoms with E-state index in [9.17, 15) is 0 Å². The Hall–Kier alpha value is -0.235. The maximum Gasteiger partial charge on any atom is 0.243 e. The molecule has 0 N–H and O–H groups in total. The van der Waals surface area contributed by atoms with Crippen LogP contribution in [0.3, 0.4) is 0 Å². The number of allylic oxidation sites excluding steroid dienone is 2. The summed E-state index contributed by atoms with van der Waals surface area (Å²) in [5, 5.41) is 0. The second-order valence-corrected chi connectivity index (χ2v) is 8.13. The first kappa shape index (κ1) is 16.8. The first-order chi connectivity index (χ1) is 7.23. The summed E-state index contributed by atoms with van der Waals surface area (Å²) in [5.41, 5.74) is 1.98. The van der Waals surface area contributed by atoms with E-state index >= 15 is 0 Å². The van der Waals surface area contributed by atoms with Gasteiger partial charge in [-0.05, 0) is 38.6 Å². The molecule has 0 fully saturated rings. The minimum atomic E-state index is 0.169. The molecule has 99 valence electrons. The molecule has 0 heterocycles. The van der Waals surface area contributed by atoms with Crippen LogP contribution in [-0.2, 0) is 0 Å². The van der Waals surface area contributed by atoms with Gasteiger partial charge in [0.25, 0.3) is 0 Å². The maximum atomic E-state index is 2.38. The van der Waals surface area contributed by atoms with Crippen LogP contribution in [0.1, 0.15) is 62.3 Å². The average Bonchev–Trinajstić information content (AvgIpc) is 1.96. The molecule has 1 nitrogen and oxygen atoms in total. The number of rotatable bonds is 2. The van der Waals surface area contributed by atoms with E-state index in [1.165, 1.54) is 5.47 Å². The van der Waals surface area contributed by atoms with Crippen molar-refractivity contribution >= 4 is 7.41 Å². The number of hydrogen-bond acceptors (Lipinski definition) is 1. The third kappa shape index (κ3) is 6.93. The Labute approximate surface area is 110 Å². The quantitative estimate of drug-likeness (QED) is 0.645. The highest BCUT2D eigenvalue weighted by Gasteiger charge is 2.26. The van der Waals surface area contributed by atoms with Crippen molar-refractivity contribution in [1.29, 1.82) is 0 Å². The van der Waals surface area contributed by atoms with Gasteiger partial charge in [-0.2, -0.15) is 0 Å². The molecule has 0 amide bonds. The molecule has 0 rings (SSSR count). The smallest absolute Gasteiger partial charge is 0.243 e. The highest BCUT2D eigenvalue weighted by atomic mass is 15.1. The van der Waals surface area contributed by atoms with Crippen molar-refractivity contribution in [2.75, 3.05) is 7.05 Å². The predicted octanol–water partition coefficient (Wildman–Crippen LogP) is 4.31. The van der Waals surface area contributed by atoms with E-state index in [4.69, 9.17) is 0 Å². The number of hydrogen-bond donors (Lipinski definition) is 0. The molecule has 0 aromatic rings. The minimum Gasteiger partial charge on any atom is -0.341 e. The number of nitrogens with zero attached hydrogens (tertiary/aromatic N) is 1. The molecule has 17 heavy (non-hydrogen) atoms. The summed E-state index contributed by atoms with van der Waals surface area (Å²) in [6.45, 7) is 20.3.